The van der Waals surface area contributed by atoms with Crippen LogP contribution < -0.4 is 4.90 Å². The number of rotatable bonds is 2. The predicted octanol–water partition coefficient (Wildman–Crippen LogP) is 1.73. The van der Waals surface area contributed by atoms with Gasteiger partial charge >= 0.3 is 5.97 Å². The molecule has 1 aromatic carbocycles. The lowest BCUT2D eigenvalue weighted by Gasteiger charge is -2.19. The number of carbonyl (C=O) groups excluding carboxylic acids is 2. The number of benzene rings is 1. The van der Waals surface area contributed by atoms with Gasteiger partial charge in [-0.2, -0.15) is 0 Å². The first-order valence-corrected chi connectivity index (χ1v) is 5.86. The lowest BCUT2D eigenvalue weighted by atomic mass is 10.2. The molecule has 1 aliphatic heterocycles. The van der Waals surface area contributed by atoms with Gasteiger partial charge in [0, 0.05) is 17.6 Å². The van der Waals surface area contributed by atoms with Crippen LogP contribution >= 0.6 is 11.6 Å². The molecule has 5 nitrogen and oxygen atoms in total. The van der Waals surface area contributed by atoms with Crippen LogP contribution in [0.1, 0.15) is 12.5 Å². The summed E-state index contributed by atoms with van der Waals surface area (Å²) in [6.07, 6.45) is 0. The van der Waals surface area contributed by atoms with Gasteiger partial charge in [-0.3, -0.25) is 14.5 Å². The van der Waals surface area contributed by atoms with Crippen molar-refractivity contribution in [2.75, 3.05) is 18.1 Å². The van der Waals surface area contributed by atoms with Gasteiger partial charge in [0.05, 0.1) is 0 Å². The molecule has 1 heterocycles. The van der Waals surface area contributed by atoms with Crippen molar-refractivity contribution >= 4 is 29.2 Å². The average molecular weight is 269 g/mol. The van der Waals surface area contributed by atoms with Crippen molar-refractivity contribution in [1.82, 2.24) is 5.06 Å². The zero-order chi connectivity index (χ0) is 13.3. The topological polar surface area (TPSA) is 49.9 Å². The van der Waals surface area contributed by atoms with E-state index in [1.807, 2.05) is 13.0 Å². The second-order valence-electron chi connectivity index (χ2n) is 4.07. The summed E-state index contributed by atoms with van der Waals surface area (Å²) in [5, 5.41) is 1.93. The van der Waals surface area contributed by atoms with Crippen LogP contribution in [0.4, 0.5) is 5.69 Å². The number of amides is 1. The van der Waals surface area contributed by atoms with Gasteiger partial charge in [-0.15, -0.1) is 5.06 Å². The largest absolute Gasteiger partial charge is 0.366 e. The predicted molar refractivity (Wildman–Crippen MR) is 67.0 cm³/mol. The lowest BCUT2D eigenvalue weighted by molar-refractivity contribution is -0.182. The lowest BCUT2D eigenvalue weighted by Crippen LogP contribution is -2.28. The third-order valence-electron chi connectivity index (χ3n) is 2.70. The smallest absolute Gasteiger partial charge is 0.322 e. The summed E-state index contributed by atoms with van der Waals surface area (Å²) >= 11 is 6.02. The summed E-state index contributed by atoms with van der Waals surface area (Å²) in [5.41, 5.74) is 1.57. The molecule has 0 aliphatic carbocycles. The van der Waals surface area contributed by atoms with E-state index in [9.17, 15) is 9.59 Å². The molecule has 0 atom stereocenters. The first-order chi connectivity index (χ1) is 8.49. The number of anilines is 1. The van der Waals surface area contributed by atoms with Crippen molar-refractivity contribution < 1.29 is 14.4 Å². The van der Waals surface area contributed by atoms with E-state index in [0.29, 0.717) is 5.02 Å². The van der Waals surface area contributed by atoms with Crippen molar-refractivity contribution in [3.05, 3.63) is 28.8 Å². The molecule has 1 aliphatic rings. The van der Waals surface area contributed by atoms with Crippen molar-refractivity contribution in [2.24, 2.45) is 0 Å². The van der Waals surface area contributed by atoms with Crippen LogP contribution in [0.5, 0.6) is 0 Å². The fourth-order valence-electron chi connectivity index (χ4n) is 1.86. The van der Waals surface area contributed by atoms with E-state index in [0.717, 1.165) is 11.3 Å². The van der Waals surface area contributed by atoms with Crippen LogP contribution in [0.15, 0.2) is 18.2 Å². The maximum Gasteiger partial charge on any atom is 0.322 e. The van der Waals surface area contributed by atoms with Crippen molar-refractivity contribution in [3.63, 3.8) is 0 Å². The highest BCUT2D eigenvalue weighted by molar-refractivity contribution is 6.31. The van der Waals surface area contributed by atoms with Crippen molar-refractivity contribution in [2.45, 2.75) is 13.8 Å². The second kappa shape index (κ2) is 4.96. The van der Waals surface area contributed by atoms with Crippen LogP contribution in [0.2, 0.25) is 5.02 Å². The highest BCUT2D eigenvalue weighted by atomic mass is 35.5. The summed E-state index contributed by atoms with van der Waals surface area (Å²) in [5.74, 6) is -0.561. The summed E-state index contributed by atoms with van der Waals surface area (Å²) in [7, 11) is 0. The molecule has 0 radical (unpaired) electrons. The fourth-order valence-corrected chi connectivity index (χ4v) is 2.03. The van der Waals surface area contributed by atoms with Crippen LogP contribution in [-0.4, -0.2) is 30.2 Å². The van der Waals surface area contributed by atoms with E-state index >= 15 is 0 Å². The molecule has 0 bridgehead atoms. The van der Waals surface area contributed by atoms with Gasteiger partial charge in [-0.05, 0) is 24.6 Å². The summed E-state index contributed by atoms with van der Waals surface area (Å²) in [6.45, 7) is 3.43. The zero-order valence-electron chi connectivity index (χ0n) is 10.1. The van der Waals surface area contributed by atoms with Gasteiger partial charge in [0.2, 0.25) is 5.91 Å². The normalized spacial score (nSPS) is 16.2. The number of carbonyl (C=O) groups is 2. The molecule has 0 aromatic heterocycles. The maximum atomic E-state index is 11.9. The molecule has 1 saturated heterocycles. The Bertz CT molecular complexity index is 504. The quantitative estimate of drug-likeness (QED) is 0.820. The zero-order valence-corrected chi connectivity index (χ0v) is 10.9. The van der Waals surface area contributed by atoms with Crippen LogP contribution in [0.3, 0.4) is 0 Å². The number of nitrogens with zero attached hydrogens (tertiary/aromatic N) is 2. The first kappa shape index (κ1) is 12.9. The molecule has 0 spiro atoms. The molecule has 1 aromatic rings. The Balaban J connectivity index is 2.22. The van der Waals surface area contributed by atoms with E-state index in [2.05, 4.69) is 0 Å². The minimum Gasteiger partial charge on any atom is -0.366 e. The Hall–Kier alpha value is -1.59. The second-order valence-corrected chi connectivity index (χ2v) is 4.48. The summed E-state index contributed by atoms with van der Waals surface area (Å²) in [4.78, 5) is 29.2. The third-order valence-corrected chi connectivity index (χ3v) is 3.11. The van der Waals surface area contributed by atoms with Gasteiger partial charge in [0.25, 0.3) is 0 Å². The molecule has 96 valence electrons. The molecule has 1 fully saturated rings. The molecule has 0 saturated carbocycles. The molecular weight excluding hydrogens is 256 g/mol. The van der Waals surface area contributed by atoms with Gasteiger partial charge in [-0.1, -0.05) is 17.7 Å². The van der Waals surface area contributed by atoms with Crippen LogP contribution in [0.25, 0.3) is 0 Å². The molecule has 2 rings (SSSR count). The summed E-state index contributed by atoms with van der Waals surface area (Å²) < 4.78 is 0. The van der Waals surface area contributed by atoms with Gasteiger partial charge < -0.3 is 4.84 Å². The third kappa shape index (κ3) is 2.47. The Kier molecular flexibility index (Phi) is 3.54. The minimum atomic E-state index is -0.438. The number of hydroxylamine groups is 2. The van der Waals surface area contributed by atoms with Gasteiger partial charge in [0.15, 0.2) is 0 Å². The van der Waals surface area contributed by atoms with E-state index < -0.39 is 5.97 Å². The highest BCUT2D eigenvalue weighted by Gasteiger charge is 2.31. The standard InChI is InChI=1S/C12H13ClN2O3/c1-8-10(13)4-3-5-11(8)15-7-14(6-12(15)17)18-9(2)16/h3-5H,6-7H2,1-2H3. The summed E-state index contributed by atoms with van der Waals surface area (Å²) in [6, 6.07) is 5.37. The monoisotopic (exact) mass is 268 g/mol. The molecular formula is C12H13ClN2O3. The Morgan fingerprint density at radius 1 is 1.44 bits per heavy atom. The number of hydrogen-bond acceptors (Lipinski definition) is 4. The maximum absolute atomic E-state index is 11.9. The minimum absolute atomic E-state index is 0.0610. The van der Waals surface area contributed by atoms with Gasteiger partial charge in [0.1, 0.15) is 13.2 Å². The SMILES string of the molecule is CC(=O)ON1CC(=O)N(c2cccc(Cl)c2C)C1. The Morgan fingerprint density at radius 2 is 2.17 bits per heavy atom. The van der Waals surface area contributed by atoms with Crippen LogP contribution in [-0.2, 0) is 14.4 Å². The van der Waals surface area contributed by atoms with E-state index in [4.69, 9.17) is 16.4 Å². The molecule has 0 unspecified atom stereocenters. The molecule has 18 heavy (non-hydrogen) atoms. The van der Waals surface area contributed by atoms with E-state index in [1.165, 1.54) is 12.0 Å². The molecule has 6 heteroatoms. The van der Waals surface area contributed by atoms with Crippen LogP contribution in [0, 0.1) is 6.92 Å². The van der Waals surface area contributed by atoms with Gasteiger partial charge in [-0.25, -0.2) is 0 Å². The average Bonchev–Trinajstić information content (AvgIpc) is 2.62. The molecule has 0 N–H and O–H groups in total. The Morgan fingerprint density at radius 3 is 2.83 bits per heavy atom. The van der Waals surface area contributed by atoms with Crippen molar-refractivity contribution in [1.29, 1.82) is 0 Å². The Labute approximate surface area is 110 Å². The van der Waals surface area contributed by atoms with E-state index in [1.54, 1.807) is 17.0 Å². The van der Waals surface area contributed by atoms with Crippen molar-refractivity contribution in [3.8, 4) is 0 Å². The number of hydrogen-bond donors (Lipinski definition) is 0. The first-order valence-electron chi connectivity index (χ1n) is 5.48. The highest BCUT2D eigenvalue weighted by Crippen LogP contribution is 2.28. The molecule has 1 amide bonds. The fraction of sp³-hybridized carbons (Fsp3) is 0.333. The number of halogens is 1. The van der Waals surface area contributed by atoms with E-state index in [-0.39, 0.29) is 19.1 Å².